The summed E-state index contributed by atoms with van der Waals surface area (Å²) in [7, 11) is 0. The van der Waals surface area contributed by atoms with Crippen LogP contribution in [0.1, 0.15) is 50.8 Å². The van der Waals surface area contributed by atoms with Crippen LogP contribution in [0.15, 0.2) is 18.2 Å². The SMILES string of the molecule is O=C(CCC1CCNCC1)Nc1ccc(F)c(-c2nnc3n2CCCCC3)c1. The van der Waals surface area contributed by atoms with E-state index < -0.39 is 0 Å². The zero-order chi connectivity index (χ0) is 19.3. The van der Waals surface area contributed by atoms with Crippen molar-refractivity contribution in [1.29, 1.82) is 0 Å². The summed E-state index contributed by atoms with van der Waals surface area (Å²) in [6, 6.07) is 4.69. The van der Waals surface area contributed by atoms with Crippen molar-refractivity contribution in [2.24, 2.45) is 5.92 Å². The van der Waals surface area contributed by atoms with E-state index in [1.807, 2.05) is 4.57 Å². The standard InChI is InChI=1S/C21H28FN5O/c22-18-7-6-16(24-20(28)8-5-15-9-11-23-12-10-15)14-17(18)21-26-25-19-4-2-1-3-13-27(19)21/h6-7,14-15,23H,1-5,8-13H2,(H,24,28). The minimum atomic E-state index is -0.341. The maximum absolute atomic E-state index is 14.5. The van der Waals surface area contributed by atoms with E-state index in [0.29, 0.717) is 29.4 Å². The van der Waals surface area contributed by atoms with Crippen LogP contribution < -0.4 is 10.6 Å². The summed E-state index contributed by atoms with van der Waals surface area (Å²) >= 11 is 0. The fourth-order valence-corrected chi connectivity index (χ4v) is 4.19. The molecule has 1 amide bonds. The molecule has 1 aromatic carbocycles. The van der Waals surface area contributed by atoms with Crippen LogP contribution in [0.4, 0.5) is 10.1 Å². The summed E-state index contributed by atoms with van der Waals surface area (Å²) < 4.78 is 16.6. The van der Waals surface area contributed by atoms with Gasteiger partial charge >= 0.3 is 0 Å². The number of nitrogens with one attached hydrogen (secondary N) is 2. The molecule has 2 N–H and O–H groups in total. The Bertz CT molecular complexity index is 828. The zero-order valence-corrected chi connectivity index (χ0v) is 16.2. The van der Waals surface area contributed by atoms with Crippen molar-refractivity contribution in [3.63, 3.8) is 0 Å². The van der Waals surface area contributed by atoms with E-state index in [1.54, 1.807) is 12.1 Å². The molecule has 0 saturated carbocycles. The fraction of sp³-hybridized carbons (Fsp3) is 0.571. The molecule has 0 spiro atoms. The number of hydrogen-bond donors (Lipinski definition) is 2. The van der Waals surface area contributed by atoms with Crippen LogP contribution in [0, 0.1) is 11.7 Å². The molecule has 4 rings (SSSR count). The van der Waals surface area contributed by atoms with Crippen LogP contribution in [0.5, 0.6) is 0 Å². The lowest BCUT2D eigenvalue weighted by Crippen LogP contribution is -2.28. The van der Waals surface area contributed by atoms with Crippen LogP contribution in [0.2, 0.25) is 0 Å². The number of piperidine rings is 1. The van der Waals surface area contributed by atoms with Crippen LogP contribution in [0.3, 0.4) is 0 Å². The molecule has 0 unspecified atom stereocenters. The van der Waals surface area contributed by atoms with Crippen molar-refractivity contribution in [1.82, 2.24) is 20.1 Å². The van der Waals surface area contributed by atoms with Crippen molar-refractivity contribution in [3.05, 3.63) is 29.8 Å². The van der Waals surface area contributed by atoms with Gasteiger partial charge in [0.1, 0.15) is 11.6 Å². The molecule has 2 aromatic rings. The van der Waals surface area contributed by atoms with Gasteiger partial charge in [-0.2, -0.15) is 0 Å². The highest BCUT2D eigenvalue weighted by molar-refractivity contribution is 5.91. The van der Waals surface area contributed by atoms with Crippen molar-refractivity contribution in [2.75, 3.05) is 18.4 Å². The average Bonchev–Trinajstić information content (AvgIpc) is 2.96. The van der Waals surface area contributed by atoms with E-state index in [0.717, 1.165) is 70.4 Å². The highest BCUT2D eigenvalue weighted by atomic mass is 19.1. The van der Waals surface area contributed by atoms with Crippen molar-refractivity contribution in [2.45, 2.75) is 57.9 Å². The number of halogens is 1. The van der Waals surface area contributed by atoms with Gasteiger partial charge in [0.2, 0.25) is 5.91 Å². The fourth-order valence-electron chi connectivity index (χ4n) is 4.19. The molecule has 2 aliphatic rings. The average molecular weight is 385 g/mol. The summed E-state index contributed by atoms with van der Waals surface area (Å²) in [4.78, 5) is 12.4. The van der Waals surface area contributed by atoms with E-state index in [1.165, 1.54) is 6.07 Å². The third kappa shape index (κ3) is 4.41. The number of amides is 1. The lowest BCUT2D eigenvalue weighted by atomic mass is 9.93. The summed E-state index contributed by atoms with van der Waals surface area (Å²) in [6.07, 6.45) is 7.83. The molecule has 1 saturated heterocycles. The van der Waals surface area contributed by atoms with E-state index in [9.17, 15) is 9.18 Å². The predicted molar refractivity (Wildman–Crippen MR) is 106 cm³/mol. The van der Waals surface area contributed by atoms with Gasteiger partial charge in [-0.05, 0) is 69.3 Å². The summed E-state index contributed by atoms with van der Waals surface area (Å²) in [5.41, 5.74) is 1.01. The number of benzene rings is 1. The predicted octanol–water partition coefficient (Wildman–Crippen LogP) is 3.53. The second kappa shape index (κ2) is 8.82. The second-order valence-electron chi connectivity index (χ2n) is 7.88. The number of anilines is 1. The molecule has 1 aromatic heterocycles. The van der Waals surface area contributed by atoms with Gasteiger partial charge in [-0.3, -0.25) is 4.79 Å². The number of rotatable bonds is 5. The molecule has 6 nitrogen and oxygen atoms in total. The summed E-state index contributed by atoms with van der Waals surface area (Å²) in [5.74, 6) is 1.73. The van der Waals surface area contributed by atoms with E-state index in [2.05, 4.69) is 20.8 Å². The van der Waals surface area contributed by atoms with Crippen molar-refractivity contribution < 1.29 is 9.18 Å². The lowest BCUT2D eigenvalue weighted by Gasteiger charge is -2.22. The first-order valence-electron chi connectivity index (χ1n) is 10.4. The highest BCUT2D eigenvalue weighted by Gasteiger charge is 2.20. The third-order valence-electron chi connectivity index (χ3n) is 5.84. The first-order valence-corrected chi connectivity index (χ1v) is 10.4. The van der Waals surface area contributed by atoms with Crippen molar-refractivity contribution in [3.8, 4) is 11.4 Å². The zero-order valence-electron chi connectivity index (χ0n) is 16.2. The van der Waals surface area contributed by atoms with Gasteiger partial charge in [-0.25, -0.2) is 4.39 Å². The Balaban J connectivity index is 1.45. The monoisotopic (exact) mass is 385 g/mol. The first kappa shape index (κ1) is 19.1. The number of hydrogen-bond acceptors (Lipinski definition) is 4. The number of carbonyl (C=O) groups is 1. The lowest BCUT2D eigenvalue weighted by molar-refractivity contribution is -0.116. The molecule has 0 bridgehead atoms. The molecule has 2 aliphatic heterocycles. The topological polar surface area (TPSA) is 71.8 Å². The van der Waals surface area contributed by atoms with E-state index in [-0.39, 0.29) is 11.7 Å². The molecular formula is C21H28FN5O. The molecule has 7 heteroatoms. The molecule has 150 valence electrons. The Hall–Kier alpha value is -2.28. The van der Waals surface area contributed by atoms with Gasteiger partial charge < -0.3 is 15.2 Å². The van der Waals surface area contributed by atoms with Crippen LogP contribution >= 0.6 is 0 Å². The van der Waals surface area contributed by atoms with E-state index in [4.69, 9.17) is 0 Å². The summed E-state index contributed by atoms with van der Waals surface area (Å²) in [6.45, 7) is 2.89. The third-order valence-corrected chi connectivity index (χ3v) is 5.84. The highest BCUT2D eigenvalue weighted by Crippen LogP contribution is 2.28. The second-order valence-corrected chi connectivity index (χ2v) is 7.88. The summed E-state index contributed by atoms with van der Waals surface area (Å²) in [5, 5.41) is 14.8. The Morgan fingerprint density at radius 1 is 1.21 bits per heavy atom. The number of fused-ring (bicyclic) bond motifs is 1. The van der Waals surface area contributed by atoms with Crippen LogP contribution in [0.25, 0.3) is 11.4 Å². The number of nitrogens with zero attached hydrogens (tertiary/aromatic N) is 3. The first-order chi connectivity index (χ1) is 13.7. The van der Waals surface area contributed by atoms with Crippen LogP contribution in [-0.4, -0.2) is 33.8 Å². The molecule has 28 heavy (non-hydrogen) atoms. The molecule has 1 fully saturated rings. The van der Waals surface area contributed by atoms with Gasteiger partial charge in [0.15, 0.2) is 5.82 Å². The maximum Gasteiger partial charge on any atom is 0.224 e. The molecule has 0 aliphatic carbocycles. The van der Waals surface area contributed by atoms with Gasteiger partial charge in [0.25, 0.3) is 0 Å². The Labute approximate surface area is 164 Å². The molecule has 0 atom stereocenters. The largest absolute Gasteiger partial charge is 0.326 e. The number of carbonyl (C=O) groups excluding carboxylic acids is 1. The van der Waals surface area contributed by atoms with Gasteiger partial charge in [0.05, 0.1) is 5.56 Å². The number of aromatic nitrogens is 3. The van der Waals surface area contributed by atoms with E-state index >= 15 is 0 Å². The minimum absolute atomic E-state index is 0.0174. The minimum Gasteiger partial charge on any atom is -0.326 e. The van der Waals surface area contributed by atoms with Gasteiger partial charge in [0, 0.05) is 25.1 Å². The molecule has 0 radical (unpaired) electrons. The Morgan fingerprint density at radius 3 is 2.93 bits per heavy atom. The van der Waals surface area contributed by atoms with Gasteiger partial charge in [-0.15, -0.1) is 10.2 Å². The quantitative estimate of drug-likeness (QED) is 0.826. The smallest absolute Gasteiger partial charge is 0.224 e. The normalized spacial score (nSPS) is 17.8. The van der Waals surface area contributed by atoms with Crippen molar-refractivity contribution >= 4 is 11.6 Å². The van der Waals surface area contributed by atoms with Crippen LogP contribution in [-0.2, 0) is 17.8 Å². The molecule has 3 heterocycles. The van der Waals surface area contributed by atoms with Gasteiger partial charge in [-0.1, -0.05) is 6.42 Å². The maximum atomic E-state index is 14.5. The Morgan fingerprint density at radius 2 is 2.07 bits per heavy atom. The molecular weight excluding hydrogens is 357 g/mol. The Kier molecular flexibility index (Phi) is 6.00. The number of aryl methyl sites for hydroxylation is 1.